The monoisotopic (exact) mass is 244 g/mol. The molecule has 0 aromatic carbocycles. The molecule has 1 aliphatic carbocycles. The van der Waals surface area contributed by atoms with E-state index >= 15 is 0 Å². The van der Waals surface area contributed by atoms with Crippen LogP contribution in [0.4, 0.5) is 4.79 Å². The molecule has 0 spiro atoms. The average molecular weight is 244 g/mol. The maximum Gasteiger partial charge on any atom is 0.328 e. The van der Waals surface area contributed by atoms with Gasteiger partial charge in [-0.05, 0) is 12.8 Å². The summed E-state index contributed by atoms with van der Waals surface area (Å²) in [4.78, 5) is 22.1. The number of rotatable bonds is 4. The fourth-order valence-corrected chi connectivity index (χ4v) is 1.99. The fourth-order valence-electron chi connectivity index (χ4n) is 1.99. The first-order chi connectivity index (χ1) is 8.13. The number of hydrogen-bond donors (Lipinski definition) is 4. The van der Waals surface area contributed by atoms with Crippen molar-refractivity contribution < 1.29 is 19.8 Å². The van der Waals surface area contributed by atoms with E-state index < -0.39 is 24.6 Å². The maximum absolute atomic E-state index is 11.5. The Morgan fingerprint density at radius 2 is 1.76 bits per heavy atom. The molecule has 0 aromatic heterocycles. The summed E-state index contributed by atoms with van der Waals surface area (Å²) in [5, 5.41) is 22.4. The summed E-state index contributed by atoms with van der Waals surface area (Å²) in [5.74, 6) is -1.23. The summed E-state index contributed by atoms with van der Waals surface area (Å²) in [7, 11) is 0. The lowest BCUT2D eigenvalue weighted by Crippen LogP contribution is -2.50. The van der Waals surface area contributed by atoms with E-state index in [1.807, 2.05) is 0 Å². The van der Waals surface area contributed by atoms with Crippen LogP contribution in [0.2, 0.25) is 0 Å². The van der Waals surface area contributed by atoms with E-state index in [1.54, 1.807) is 0 Å². The molecule has 0 unspecified atom stereocenters. The highest BCUT2D eigenvalue weighted by Crippen LogP contribution is 2.16. The molecule has 1 fully saturated rings. The van der Waals surface area contributed by atoms with Gasteiger partial charge in [0.15, 0.2) is 6.04 Å². The second-order valence-electron chi connectivity index (χ2n) is 4.38. The van der Waals surface area contributed by atoms with Crippen LogP contribution in [0, 0.1) is 0 Å². The summed E-state index contributed by atoms with van der Waals surface area (Å²) in [5.41, 5.74) is 0. The van der Waals surface area contributed by atoms with Crippen LogP contribution in [0.3, 0.4) is 0 Å². The Kier molecular flexibility index (Phi) is 5.76. The fraction of sp³-hybridized carbons (Fsp3) is 0.818. The van der Waals surface area contributed by atoms with Gasteiger partial charge in [0.25, 0.3) is 0 Å². The molecular weight excluding hydrogens is 224 g/mol. The van der Waals surface area contributed by atoms with Crippen molar-refractivity contribution in [3.63, 3.8) is 0 Å². The van der Waals surface area contributed by atoms with Crippen LogP contribution in [0.1, 0.15) is 38.5 Å². The van der Waals surface area contributed by atoms with Gasteiger partial charge >= 0.3 is 12.0 Å². The van der Waals surface area contributed by atoms with Crippen LogP contribution in [0.15, 0.2) is 0 Å². The zero-order valence-electron chi connectivity index (χ0n) is 9.82. The highest BCUT2D eigenvalue weighted by molar-refractivity contribution is 5.82. The molecule has 0 heterocycles. The van der Waals surface area contributed by atoms with Crippen LogP contribution in [0.25, 0.3) is 0 Å². The molecule has 0 saturated heterocycles. The van der Waals surface area contributed by atoms with Crippen molar-refractivity contribution in [1.82, 2.24) is 10.6 Å². The number of amides is 2. The SMILES string of the molecule is O=C(NC1CCCCCC1)N[C@@H](CO)C(=O)O. The smallest absolute Gasteiger partial charge is 0.328 e. The largest absolute Gasteiger partial charge is 0.480 e. The van der Waals surface area contributed by atoms with E-state index in [0.717, 1.165) is 25.7 Å². The number of carboxylic acid groups (broad SMARTS) is 1. The van der Waals surface area contributed by atoms with Gasteiger partial charge < -0.3 is 20.8 Å². The Labute approximate surface area is 100 Å². The third kappa shape index (κ3) is 5.04. The third-order valence-electron chi connectivity index (χ3n) is 2.98. The zero-order valence-corrected chi connectivity index (χ0v) is 9.82. The molecule has 0 bridgehead atoms. The molecule has 0 aliphatic heterocycles. The molecule has 1 atom stereocenters. The Bertz CT molecular complexity index is 262. The lowest BCUT2D eigenvalue weighted by molar-refractivity contribution is -0.140. The van der Waals surface area contributed by atoms with Crippen molar-refractivity contribution in [1.29, 1.82) is 0 Å². The second-order valence-corrected chi connectivity index (χ2v) is 4.38. The zero-order chi connectivity index (χ0) is 12.7. The molecule has 0 radical (unpaired) electrons. The van der Waals surface area contributed by atoms with E-state index in [2.05, 4.69) is 10.6 Å². The first kappa shape index (κ1) is 13.8. The predicted molar refractivity (Wildman–Crippen MR) is 61.7 cm³/mol. The summed E-state index contributed by atoms with van der Waals surface area (Å²) < 4.78 is 0. The molecule has 6 nitrogen and oxygen atoms in total. The van der Waals surface area contributed by atoms with Crippen molar-refractivity contribution in [2.45, 2.75) is 50.6 Å². The van der Waals surface area contributed by atoms with Crippen LogP contribution < -0.4 is 10.6 Å². The first-order valence-corrected chi connectivity index (χ1v) is 6.04. The second kappa shape index (κ2) is 7.11. The van der Waals surface area contributed by atoms with Crippen LogP contribution >= 0.6 is 0 Å². The minimum atomic E-state index is -1.24. The summed E-state index contributed by atoms with van der Waals surface area (Å²) >= 11 is 0. The number of carbonyl (C=O) groups excluding carboxylic acids is 1. The van der Waals surface area contributed by atoms with Gasteiger partial charge in [0.1, 0.15) is 0 Å². The molecule has 17 heavy (non-hydrogen) atoms. The molecular formula is C11H20N2O4. The molecule has 1 saturated carbocycles. The van der Waals surface area contributed by atoms with Gasteiger partial charge in [-0.3, -0.25) is 0 Å². The standard InChI is InChI=1S/C11H20N2O4/c14-7-9(10(15)16)13-11(17)12-8-5-3-1-2-4-6-8/h8-9,14H,1-7H2,(H,15,16)(H2,12,13,17)/t9-/m0/s1. The van der Waals surface area contributed by atoms with Gasteiger partial charge in [-0.25, -0.2) is 9.59 Å². The molecule has 1 aliphatic rings. The summed E-state index contributed by atoms with van der Waals surface area (Å²) in [6, 6.07) is -1.63. The Morgan fingerprint density at radius 1 is 1.18 bits per heavy atom. The van der Waals surface area contributed by atoms with E-state index in [4.69, 9.17) is 10.2 Å². The first-order valence-electron chi connectivity index (χ1n) is 6.04. The lowest BCUT2D eigenvalue weighted by atomic mass is 10.1. The Balaban J connectivity index is 2.34. The maximum atomic E-state index is 11.5. The molecule has 6 heteroatoms. The molecule has 0 aromatic rings. The lowest BCUT2D eigenvalue weighted by Gasteiger charge is -2.18. The highest BCUT2D eigenvalue weighted by Gasteiger charge is 2.20. The number of aliphatic hydroxyl groups is 1. The van der Waals surface area contributed by atoms with Crippen molar-refractivity contribution in [2.24, 2.45) is 0 Å². The summed E-state index contributed by atoms with van der Waals surface area (Å²) in [6.45, 7) is -0.604. The molecule has 2 amide bonds. The number of carbonyl (C=O) groups is 2. The van der Waals surface area contributed by atoms with Crippen molar-refractivity contribution in [2.75, 3.05) is 6.61 Å². The van der Waals surface area contributed by atoms with E-state index in [0.29, 0.717) is 0 Å². The Hall–Kier alpha value is -1.30. The van der Waals surface area contributed by atoms with Crippen molar-refractivity contribution in [3.8, 4) is 0 Å². The van der Waals surface area contributed by atoms with Gasteiger partial charge in [-0.2, -0.15) is 0 Å². The van der Waals surface area contributed by atoms with Crippen molar-refractivity contribution >= 4 is 12.0 Å². The van der Waals surface area contributed by atoms with Gasteiger partial charge in [0.2, 0.25) is 0 Å². The highest BCUT2D eigenvalue weighted by atomic mass is 16.4. The number of aliphatic carboxylic acids is 1. The van der Waals surface area contributed by atoms with E-state index in [-0.39, 0.29) is 6.04 Å². The number of carboxylic acids is 1. The minimum absolute atomic E-state index is 0.116. The van der Waals surface area contributed by atoms with Crippen LogP contribution in [-0.4, -0.2) is 40.9 Å². The number of hydrogen-bond acceptors (Lipinski definition) is 3. The minimum Gasteiger partial charge on any atom is -0.480 e. The van der Waals surface area contributed by atoms with Gasteiger partial charge in [0, 0.05) is 6.04 Å². The molecule has 98 valence electrons. The number of urea groups is 1. The van der Waals surface area contributed by atoms with Crippen molar-refractivity contribution in [3.05, 3.63) is 0 Å². The quantitative estimate of drug-likeness (QED) is 0.540. The topological polar surface area (TPSA) is 98.7 Å². The van der Waals surface area contributed by atoms with Gasteiger partial charge in [-0.15, -0.1) is 0 Å². The van der Waals surface area contributed by atoms with Crippen LogP contribution in [0.5, 0.6) is 0 Å². The molecule has 4 N–H and O–H groups in total. The van der Waals surface area contributed by atoms with Gasteiger partial charge in [0.05, 0.1) is 6.61 Å². The Morgan fingerprint density at radius 3 is 2.24 bits per heavy atom. The average Bonchev–Trinajstić information content (AvgIpc) is 2.54. The summed E-state index contributed by atoms with van der Waals surface area (Å²) in [6.07, 6.45) is 6.43. The predicted octanol–water partition coefficient (Wildman–Crippen LogP) is 0.454. The normalized spacial score (nSPS) is 19.1. The number of aliphatic hydroxyl groups excluding tert-OH is 1. The van der Waals surface area contributed by atoms with Crippen LogP contribution in [-0.2, 0) is 4.79 Å². The third-order valence-corrected chi connectivity index (χ3v) is 2.98. The number of nitrogens with one attached hydrogen (secondary N) is 2. The van der Waals surface area contributed by atoms with E-state index in [9.17, 15) is 9.59 Å². The van der Waals surface area contributed by atoms with Gasteiger partial charge in [-0.1, -0.05) is 25.7 Å². The van der Waals surface area contributed by atoms with E-state index in [1.165, 1.54) is 12.8 Å². The molecule has 1 rings (SSSR count).